The number of nitrogens with two attached hydrogens (primary N) is 1. The summed E-state index contributed by atoms with van der Waals surface area (Å²) in [6.07, 6.45) is 1.42. The first-order valence-electron chi connectivity index (χ1n) is 7.33. The van der Waals surface area contributed by atoms with Gasteiger partial charge in [0.15, 0.2) is 5.16 Å². The third-order valence-electron chi connectivity index (χ3n) is 4.68. The van der Waals surface area contributed by atoms with Gasteiger partial charge in [-0.2, -0.15) is 5.10 Å². The molecule has 0 aromatic carbocycles. The molecule has 2 unspecified atom stereocenters. The topological polar surface area (TPSA) is 171 Å². The quantitative estimate of drug-likeness (QED) is 0.425. The first kappa shape index (κ1) is 16.7. The van der Waals surface area contributed by atoms with E-state index in [2.05, 4.69) is 20.5 Å². The fourth-order valence-electron chi connectivity index (χ4n) is 3.61. The monoisotopic (exact) mass is 355 g/mol. The van der Waals surface area contributed by atoms with E-state index in [4.69, 9.17) is 5.73 Å². The lowest BCUT2D eigenvalue weighted by Crippen LogP contribution is -2.59. The Morgan fingerprint density at radius 1 is 1.50 bits per heavy atom. The van der Waals surface area contributed by atoms with Crippen molar-refractivity contribution in [1.82, 2.24) is 20.5 Å². The molecule has 6 atom stereocenters. The molecule has 0 aliphatic heterocycles. The number of hydrogen-bond acceptors (Lipinski definition) is 7. The van der Waals surface area contributed by atoms with Crippen LogP contribution in [0, 0.1) is 17.8 Å². The zero-order valence-corrected chi connectivity index (χ0v) is 13.5. The summed E-state index contributed by atoms with van der Waals surface area (Å²) in [7, 11) is 0. The molecule has 1 aromatic heterocycles. The lowest BCUT2D eigenvalue weighted by Gasteiger charge is -2.30. The molecule has 24 heavy (non-hydrogen) atoms. The van der Waals surface area contributed by atoms with Gasteiger partial charge in [0, 0.05) is 11.2 Å². The van der Waals surface area contributed by atoms with E-state index in [0.29, 0.717) is 5.16 Å². The standard InChI is InChI=1S/C13H17N5O5S/c1-4(14)9(19)17-13(11(22)23)2-5(24-12-15-3-16-18-12)6-7(8(6)13)10(20)21/h3-8H,2,14H2,1H3,(H,17,19)(H,20,21)(H,22,23)(H,15,16,18)/t4?,5?,6-,7-,8-,13-/m0/s1. The van der Waals surface area contributed by atoms with Crippen molar-refractivity contribution in [2.45, 2.75) is 35.3 Å². The van der Waals surface area contributed by atoms with Crippen molar-refractivity contribution in [2.75, 3.05) is 0 Å². The molecule has 2 aliphatic carbocycles. The third-order valence-corrected chi connectivity index (χ3v) is 5.88. The predicted molar refractivity (Wildman–Crippen MR) is 80.9 cm³/mol. The van der Waals surface area contributed by atoms with E-state index in [0.717, 1.165) is 0 Å². The predicted octanol–water partition coefficient (Wildman–Crippen LogP) is -1.10. The van der Waals surface area contributed by atoms with E-state index in [-0.39, 0.29) is 17.6 Å². The maximum atomic E-state index is 12.0. The van der Waals surface area contributed by atoms with Crippen LogP contribution in [0.3, 0.4) is 0 Å². The van der Waals surface area contributed by atoms with Crippen LogP contribution < -0.4 is 11.1 Å². The van der Waals surface area contributed by atoms with Crippen molar-refractivity contribution >= 4 is 29.6 Å². The second-order valence-electron chi connectivity index (χ2n) is 6.17. The normalized spacial score (nSPS) is 35.1. The second-order valence-corrected chi connectivity index (χ2v) is 7.40. The van der Waals surface area contributed by atoms with Gasteiger partial charge in [-0.05, 0) is 19.3 Å². The first-order chi connectivity index (χ1) is 11.3. The van der Waals surface area contributed by atoms with Crippen LogP contribution in [0.2, 0.25) is 0 Å². The summed E-state index contributed by atoms with van der Waals surface area (Å²) in [6, 6.07) is -0.886. The fourth-order valence-corrected chi connectivity index (χ4v) is 4.95. The first-order valence-corrected chi connectivity index (χ1v) is 8.21. The number of carboxylic acids is 2. The second kappa shape index (κ2) is 5.74. The van der Waals surface area contributed by atoms with Crippen LogP contribution in [0.5, 0.6) is 0 Å². The molecule has 0 bridgehead atoms. The van der Waals surface area contributed by atoms with E-state index in [1.165, 1.54) is 25.0 Å². The number of carbonyl (C=O) groups is 3. The van der Waals surface area contributed by atoms with Gasteiger partial charge in [0.05, 0.1) is 12.0 Å². The lowest BCUT2D eigenvalue weighted by atomic mass is 9.89. The SMILES string of the molecule is CC(N)C(=O)N[C@@]1(C(=O)O)CC(Sc2ncn[nH]2)[C@H]2[C@H](C(=O)O)[C@H]21. The van der Waals surface area contributed by atoms with Crippen molar-refractivity contribution in [3.05, 3.63) is 6.33 Å². The minimum Gasteiger partial charge on any atom is -0.481 e. The van der Waals surface area contributed by atoms with Gasteiger partial charge in [-0.15, -0.1) is 0 Å². The Morgan fingerprint density at radius 3 is 2.71 bits per heavy atom. The summed E-state index contributed by atoms with van der Waals surface area (Å²) in [4.78, 5) is 39.4. The average Bonchev–Trinajstić information content (AvgIpc) is 2.90. The molecule has 1 aromatic rings. The zero-order chi connectivity index (χ0) is 17.6. The number of thioether (sulfide) groups is 1. The molecule has 10 nitrogen and oxygen atoms in total. The molecule has 3 rings (SSSR count). The van der Waals surface area contributed by atoms with E-state index < -0.39 is 41.3 Å². The van der Waals surface area contributed by atoms with E-state index >= 15 is 0 Å². The Kier molecular flexibility index (Phi) is 4.00. The van der Waals surface area contributed by atoms with Crippen molar-refractivity contribution in [3.63, 3.8) is 0 Å². The van der Waals surface area contributed by atoms with Crippen LogP contribution in [0.1, 0.15) is 13.3 Å². The summed E-state index contributed by atoms with van der Waals surface area (Å²) in [5.41, 5.74) is 3.89. The number of fused-ring (bicyclic) bond motifs is 1. The number of nitrogens with zero attached hydrogens (tertiary/aromatic N) is 2. The Hall–Kier alpha value is -2.14. The summed E-state index contributed by atoms with van der Waals surface area (Å²) in [5.74, 6) is -4.76. The van der Waals surface area contributed by atoms with Crippen LogP contribution in [-0.2, 0) is 14.4 Å². The number of amides is 1. The van der Waals surface area contributed by atoms with Crippen LogP contribution in [0.4, 0.5) is 0 Å². The molecule has 1 amide bonds. The van der Waals surface area contributed by atoms with Crippen molar-refractivity contribution < 1.29 is 24.6 Å². The molecular weight excluding hydrogens is 338 g/mol. The van der Waals surface area contributed by atoms with Gasteiger partial charge in [0.1, 0.15) is 11.9 Å². The molecule has 0 spiro atoms. The minimum absolute atomic E-state index is 0.102. The van der Waals surface area contributed by atoms with Crippen molar-refractivity contribution in [2.24, 2.45) is 23.5 Å². The number of carbonyl (C=O) groups excluding carboxylic acids is 1. The number of aliphatic carboxylic acids is 2. The molecule has 2 fully saturated rings. The number of rotatable bonds is 6. The highest BCUT2D eigenvalue weighted by Crippen LogP contribution is 2.65. The Bertz CT molecular complexity index is 680. The fraction of sp³-hybridized carbons (Fsp3) is 0.615. The van der Waals surface area contributed by atoms with Crippen molar-refractivity contribution in [1.29, 1.82) is 0 Å². The number of aromatic nitrogens is 3. The van der Waals surface area contributed by atoms with Gasteiger partial charge in [-0.3, -0.25) is 14.7 Å². The Morgan fingerprint density at radius 2 is 2.21 bits per heavy atom. The van der Waals surface area contributed by atoms with Gasteiger partial charge in [0.2, 0.25) is 5.91 Å². The molecular formula is C13H17N5O5S. The smallest absolute Gasteiger partial charge is 0.329 e. The number of nitrogens with one attached hydrogen (secondary N) is 2. The molecule has 2 saturated carbocycles. The number of H-pyrrole nitrogens is 1. The van der Waals surface area contributed by atoms with Crippen LogP contribution in [-0.4, -0.2) is 60.1 Å². The van der Waals surface area contributed by atoms with Gasteiger partial charge in [-0.25, -0.2) is 9.78 Å². The maximum absolute atomic E-state index is 12.0. The molecule has 11 heteroatoms. The zero-order valence-electron chi connectivity index (χ0n) is 12.7. The average molecular weight is 355 g/mol. The highest BCUT2D eigenvalue weighted by atomic mass is 32.2. The summed E-state index contributed by atoms with van der Waals surface area (Å²) in [6.45, 7) is 1.44. The van der Waals surface area contributed by atoms with Crippen LogP contribution >= 0.6 is 11.8 Å². The lowest BCUT2D eigenvalue weighted by molar-refractivity contribution is -0.149. The van der Waals surface area contributed by atoms with E-state index in [1.54, 1.807) is 0 Å². The molecule has 0 radical (unpaired) electrons. The molecule has 1 heterocycles. The Labute approximate surface area is 140 Å². The largest absolute Gasteiger partial charge is 0.481 e. The van der Waals surface area contributed by atoms with Gasteiger partial charge in [0.25, 0.3) is 0 Å². The molecule has 6 N–H and O–H groups in total. The van der Waals surface area contributed by atoms with Gasteiger partial charge >= 0.3 is 11.9 Å². The van der Waals surface area contributed by atoms with Crippen LogP contribution in [0.25, 0.3) is 0 Å². The maximum Gasteiger partial charge on any atom is 0.329 e. The highest BCUT2D eigenvalue weighted by Gasteiger charge is 2.75. The molecule has 130 valence electrons. The van der Waals surface area contributed by atoms with Gasteiger partial charge in [-0.1, -0.05) is 11.8 Å². The summed E-state index contributed by atoms with van der Waals surface area (Å²) >= 11 is 1.25. The van der Waals surface area contributed by atoms with Crippen LogP contribution in [0.15, 0.2) is 11.5 Å². The number of aromatic amines is 1. The van der Waals surface area contributed by atoms with Gasteiger partial charge < -0.3 is 21.3 Å². The minimum atomic E-state index is -1.63. The molecule has 2 aliphatic rings. The molecule has 0 saturated heterocycles. The Balaban J connectivity index is 1.90. The summed E-state index contributed by atoms with van der Waals surface area (Å²) in [5, 5.41) is 28.2. The number of hydrogen-bond donors (Lipinski definition) is 5. The highest BCUT2D eigenvalue weighted by molar-refractivity contribution is 7.99. The number of carboxylic acid groups (broad SMARTS) is 2. The van der Waals surface area contributed by atoms with E-state index in [9.17, 15) is 24.6 Å². The third kappa shape index (κ3) is 2.53. The summed E-state index contributed by atoms with van der Waals surface area (Å²) < 4.78 is 0. The van der Waals surface area contributed by atoms with Crippen molar-refractivity contribution in [3.8, 4) is 0 Å². The van der Waals surface area contributed by atoms with E-state index in [1.807, 2.05) is 0 Å².